The molecule has 90 valence electrons. The molecule has 1 aromatic carbocycles. The van der Waals surface area contributed by atoms with Gasteiger partial charge in [0.2, 0.25) is 0 Å². The van der Waals surface area contributed by atoms with Crippen LogP contribution in [-0.4, -0.2) is 6.04 Å². The van der Waals surface area contributed by atoms with E-state index >= 15 is 0 Å². The predicted octanol–water partition coefficient (Wildman–Crippen LogP) is 4.30. The lowest BCUT2D eigenvalue weighted by atomic mass is 9.86. The first kappa shape index (κ1) is 13.8. The quantitative estimate of drug-likeness (QED) is 0.861. The van der Waals surface area contributed by atoms with Gasteiger partial charge < -0.3 is 5.73 Å². The molecule has 1 nitrogen and oxygen atoms in total. The summed E-state index contributed by atoms with van der Waals surface area (Å²) in [7, 11) is 0. The fourth-order valence-corrected chi connectivity index (χ4v) is 2.24. The van der Waals surface area contributed by atoms with Crippen molar-refractivity contribution in [3.8, 4) is 0 Å². The van der Waals surface area contributed by atoms with Gasteiger partial charge in [-0.2, -0.15) is 0 Å². The Kier molecular flexibility index (Phi) is 4.66. The van der Waals surface area contributed by atoms with Crippen molar-refractivity contribution < 1.29 is 0 Å². The van der Waals surface area contributed by atoms with Crippen molar-refractivity contribution >= 4 is 23.2 Å². The van der Waals surface area contributed by atoms with Crippen LogP contribution in [0.5, 0.6) is 0 Å². The Bertz CT molecular complexity index is 355. The number of nitrogens with two attached hydrogens (primary N) is 1. The van der Waals surface area contributed by atoms with Crippen LogP contribution in [0.1, 0.15) is 32.8 Å². The highest BCUT2D eigenvalue weighted by Gasteiger charge is 2.17. The molecule has 3 heteroatoms. The van der Waals surface area contributed by atoms with Crippen LogP contribution in [0, 0.1) is 5.41 Å². The van der Waals surface area contributed by atoms with E-state index in [1.165, 1.54) is 0 Å². The van der Waals surface area contributed by atoms with Crippen LogP contribution in [0.2, 0.25) is 10.0 Å². The average molecular weight is 260 g/mol. The maximum absolute atomic E-state index is 6.12. The molecular formula is C13H19Cl2N. The lowest BCUT2D eigenvalue weighted by Gasteiger charge is -2.23. The minimum atomic E-state index is 0.121. The Labute approximate surface area is 108 Å². The molecule has 0 spiro atoms. The van der Waals surface area contributed by atoms with Crippen LogP contribution in [-0.2, 0) is 6.42 Å². The molecular weight excluding hydrogens is 241 g/mol. The van der Waals surface area contributed by atoms with E-state index in [9.17, 15) is 0 Å². The number of hydrogen-bond acceptors (Lipinski definition) is 1. The molecule has 0 saturated heterocycles. The highest BCUT2D eigenvalue weighted by Crippen LogP contribution is 2.28. The van der Waals surface area contributed by atoms with Crippen LogP contribution in [0.15, 0.2) is 18.2 Å². The van der Waals surface area contributed by atoms with Gasteiger partial charge in [-0.1, -0.05) is 56.1 Å². The molecule has 0 radical (unpaired) electrons. The van der Waals surface area contributed by atoms with Crippen molar-refractivity contribution in [2.24, 2.45) is 11.1 Å². The van der Waals surface area contributed by atoms with Gasteiger partial charge in [-0.25, -0.2) is 0 Å². The lowest BCUT2D eigenvalue weighted by Crippen LogP contribution is -2.28. The first-order valence-electron chi connectivity index (χ1n) is 5.48. The summed E-state index contributed by atoms with van der Waals surface area (Å²) in [5.74, 6) is 0. The van der Waals surface area contributed by atoms with Gasteiger partial charge in [-0.15, -0.1) is 0 Å². The van der Waals surface area contributed by atoms with E-state index in [0.717, 1.165) is 18.4 Å². The molecule has 0 heterocycles. The van der Waals surface area contributed by atoms with Crippen molar-refractivity contribution in [2.75, 3.05) is 0 Å². The van der Waals surface area contributed by atoms with Crippen molar-refractivity contribution in [1.82, 2.24) is 0 Å². The normalized spacial score (nSPS) is 13.9. The van der Waals surface area contributed by atoms with Crippen LogP contribution < -0.4 is 5.73 Å². The van der Waals surface area contributed by atoms with Crippen molar-refractivity contribution in [1.29, 1.82) is 0 Å². The molecule has 1 atom stereocenters. The summed E-state index contributed by atoms with van der Waals surface area (Å²) in [5, 5.41) is 1.23. The topological polar surface area (TPSA) is 26.0 Å². The lowest BCUT2D eigenvalue weighted by molar-refractivity contribution is 0.338. The van der Waals surface area contributed by atoms with Crippen LogP contribution in [0.3, 0.4) is 0 Å². The Balaban J connectivity index is 2.70. The maximum atomic E-state index is 6.12. The summed E-state index contributed by atoms with van der Waals surface area (Å²) in [4.78, 5) is 0. The van der Waals surface area contributed by atoms with E-state index in [1.807, 2.05) is 12.1 Å². The number of hydrogen-bond donors (Lipinski definition) is 1. The maximum Gasteiger partial charge on any atom is 0.0624 e. The molecule has 1 rings (SSSR count). The zero-order chi connectivity index (χ0) is 12.3. The second-order valence-corrected chi connectivity index (χ2v) is 6.23. The highest BCUT2D eigenvalue weighted by molar-refractivity contribution is 6.42. The van der Waals surface area contributed by atoms with Gasteiger partial charge in [0.25, 0.3) is 0 Å². The molecule has 1 unspecified atom stereocenters. The number of halogens is 2. The van der Waals surface area contributed by atoms with E-state index in [4.69, 9.17) is 28.9 Å². The number of benzene rings is 1. The largest absolute Gasteiger partial charge is 0.327 e. The fraction of sp³-hybridized carbons (Fsp3) is 0.538. The number of rotatable bonds is 3. The van der Waals surface area contributed by atoms with E-state index in [0.29, 0.717) is 10.0 Å². The Morgan fingerprint density at radius 3 is 2.44 bits per heavy atom. The van der Waals surface area contributed by atoms with E-state index in [-0.39, 0.29) is 11.5 Å². The summed E-state index contributed by atoms with van der Waals surface area (Å²) in [6, 6.07) is 5.81. The van der Waals surface area contributed by atoms with Gasteiger partial charge in [0.15, 0.2) is 0 Å². The summed E-state index contributed by atoms with van der Waals surface area (Å²) in [6.07, 6.45) is 1.74. The molecule has 0 bridgehead atoms. The monoisotopic (exact) mass is 259 g/mol. The molecule has 0 aliphatic rings. The third-order valence-electron chi connectivity index (χ3n) is 2.39. The summed E-state index contributed by atoms with van der Waals surface area (Å²) in [5.41, 5.74) is 7.38. The molecule has 0 aliphatic carbocycles. The standard InChI is InChI=1S/C13H19Cl2N/c1-13(2,3)8-10(16)7-9-5-4-6-11(14)12(9)15/h4-6,10H,7-8,16H2,1-3H3. The van der Waals surface area contributed by atoms with E-state index < -0.39 is 0 Å². The van der Waals surface area contributed by atoms with Crippen LogP contribution >= 0.6 is 23.2 Å². The fourth-order valence-electron chi connectivity index (χ4n) is 1.85. The SMILES string of the molecule is CC(C)(C)CC(N)Cc1cccc(Cl)c1Cl. The summed E-state index contributed by atoms with van der Waals surface area (Å²) >= 11 is 12.1. The van der Waals surface area contributed by atoms with Gasteiger partial charge >= 0.3 is 0 Å². The van der Waals surface area contributed by atoms with E-state index in [2.05, 4.69) is 20.8 Å². The van der Waals surface area contributed by atoms with Gasteiger partial charge in [0.1, 0.15) is 0 Å². The summed E-state index contributed by atoms with van der Waals surface area (Å²) in [6.45, 7) is 6.56. The van der Waals surface area contributed by atoms with Gasteiger partial charge in [-0.3, -0.25) is 0 Å². The predicted molar refractivity (Wildman–Crippen MR) is 72.2 cm³/mol. The molecule has 2 N–H and O–H groups in total. The van der Waals surface area contributed by atoms with Gasteiger partial charge in [0, 0.05) is 6.04 Å². The second kappa shape index (κ2) is 5.39. The van der Waals surface area contributed by atoms with E-state index in [1.54, 1.807) is 6.07 Å². The molecule has 0 amide bonds. The first-order valence-corrected chi connectivity index (χ1v) is 6.23. The Hall–Kier alpha value is -0.240. The average Bonchev–Trinajstić information content (AvgIpc) is 2.09. The zero-order valence-electron chi connectivity index (χ0n) is 10.1. The second-order valence-electron chi connectivity index (χ2n) is 5.44. The van der Waals surface area contributed by atoms with Gasteiger partial charge in [0.05, 0.1) is 10.0 Å². The molecule has 0 aromatic heterocycles. The smallest absolute Gasteiger partial charge is 0.0624 e. The van der Waals surface area contributed by atoms with Crippen LogP contribution in [0.25, 0.3) is 0 Å². The van der Waals surface area contributed by atoms with Gasteiger partial charge in [-0.05, 0) is 29.9 Å². The van der Waals surface area contributed by atoms with Crippen LogP contribution in [0.4, 0.5) is 0 Å². The molecule has 0 saturated carbocycles. The molecule has 16 heavy (non-hydrogen) atoms. The molecule has 0 fully saturated rings. The third-order valence-corrected chi connectivity index (χ3v) is 3.25. The Morgan fingerprint density at radius 2 is 1.88 bits per heavy atom. The van der Waals surface area contributed by atoms with Crippen molar-refractivity contribution in [3.63, 3.8) is 0 Å². The Morgan fingerprint density at radius 1 is 1.25 bits per heavy atom. The third kappa shape index (κ3) is 4.32. The summed E-state index contributed by atoms with van der Waals surface area (Å²) < 4.78 is 0. The minimum Gasteiger partial charge on any atom is -0.327 e. The minimum absolute atomic E-state index is 0.121. The highest BCUT2D eigenvalue weighted by atomic mass is 35.5. The first-order chi connectivity index (χ1) is 7.29. The molecule has 1 aromatic rings. The molecule has 0 aliphatic heterocycles. The van der Waals surface area contributed by atoms with Crippen molar-refractivity contribution in [3.05, 3.63) is 33.8 Å². The van der Waals surface area contributed by atoms with Crippen molar-refractivity contribution in [2.45, 2.75) is 39.7 Å². The zero-order valence-corrected chi connectivity index (χ0v) is 11.6.